The maximum atomic E-state index is 12.7. The number of ether oxygens (including phenoxy) is 3. The maximum absolute atomic E-state index is 12.7. The van der Waals surface area contributed by atoms with Crippen LogP contribution in [0.15, 0.2) is 36.4 Å². The van der Waals surface area contributed by atoms with Gasteiger partial charge in [-0.25, -0.2) is 0 Å². The Morgan fingerprint density at radius 1 is 1.26 bits per heavy atom. The van der Waals surface area contributed by atoms with Gasteiger partial charge in [-0.3, -0.25) is 9.59 Å². The fourth-order valence-corrected chi connectivity index (χ4v) is 3.33. The summed E-state index contributed by atoms with van der Waals surface area (Å²) in [6.07, 6.45) is 0.657. The zero-order valence-corrected chi connectivity index (χ0v) is 15.2. The molecular formula is C20H20N2O5. The first-order chi connectivity index (χ1) is 13.1. The molecule has 0 aromatic heterocycles. The second-order valence-corrected chi connectivity index (χ2v) is 6.56. The Hall–Kier alpha value is -3.22. The quantitative estimate of drug-likeness (QED) is 0.894. The molecule has 7 heteroatoms. The summed E-state index contributed by atoms with van der Waals surface area (Å²) in [4.78, 5) is 26.0. The van der Waals surface area contributed by atoms with Gasteiger partial charge in [0.15, 0.2) is 18.1 Å². The van der Waals surface area contributed by atoms with Crippen molar-refractivity contribution >= 4 is 17.5 Å². The molecule has 1 unspecified atom stereocenters. The highest BCUT2D eigenvalue weighted by atomic mass is 16.5. The Kier molecular flexibility index (Phi) is 4.35. The fourth-order valence-electron chi connectivity index (χ4n) is 3.33. The van der Waals surface area contributed by atoms with Gasteiger partial charge in [-0.2, -0.15) is 0 Å². The monoisotopic (exact) mass is 368 g/mol. The highest BCUT2D eigenvalue weighted by Crippen LogP contribution is 2.35. The number of carbonyl (C=O) groups excluding carboxylic acids is 2. The molecule has 7 nitrogen and oxygen atoms in total. The van der Waals surface area contributed by atoms with Crippen LogP contribution in [-0.2, 0) is 11.2 Å². The van der Waals surface area contributed by atoms with Crippen LogP contribution in [0.1, 0.15) is 15.9 Å². The van der Waals surface area contributed by atoms with Crippen molar-refractivity contribution < 1.29 is 23.8 Å². The van der Waals surface area contributed by atoms with Crippen LogP contribution in [0.3, 0.4) is 0 Å². The normalized spacial score (nSPS) is 17.9. The molecule has 0 saturated carbocycles. The molecule has 0 radical (unpaired) electrons. The Bertz CT molecular complexity index is 911. The number of fused-ring (bicyclic) bond motifs is 2. The number of hydrogen-bond acceptors (Lipinski definition) is 5. The number of anilines is 1. The predicted octanol–water partition coefficient (Wildman–Crippen LogP) is 1.78. The van der Waals surface area contributed by atoms with E-state index in [0.29, 0.717) is 35.8 Å². The summed E-state index contributed by atoms with van der Waals surface area (Å²) < 4.78 is 16.5. The molecule has 2 amide bonds. The minimum absolute atomic E-state index is 0.0112. The molecule has 0 spiro atoms. The number of hydrogen-bond donors (Lipinski definition) is 1. The summed E-state index contributed by atoms with van der Waals surface area (Å²) in [7, 11) is 3.28. The van der Waals surface area contributed by atoms with Crippen molar-refractivity contribution in [1.29, 1.82) is 0 Å². The van der Waals surface area contributed by atoms with Gasteiger partial charge < -0.3 is 24.4 Å². The Morgan fingerprint density at radius 3 is 2.93 bits per heavy atom. The molecule has 0 fully saturated rings. The van der Waals surface area contributed by atoms with Crippen molar-refractivity contribution in [2.75, 3.05) is 32.3 Å². The van der Waals surface area contributed by atoms with E-state index in [9.17, 15) is 9.59 Å². The van der Waals surface area contributed by atoms with Crippen molar-refractivity contribution in [2.45, 2.75) is 12.5 Å². The van der Waals surface area contributed by atoms with Crippen LogP contribution in [-0.4, -0.2) is 45.2 Å². The number of rotatable bonds is 3. The standard InChI is InChI=1S/C20H20N2O5/c1-22-15-9-13(6-7-16(15)26-11-18(22)23)20(24)21-14-8-12-4-3-5-17(25-2)19(12)27-10-14/h3-7,9,14H,8,10-11H2,1-2H3,(H,21,24). The van der Waals surface area contributed by atoms with Crippen LogP contribution in [0.5, 0.6) is 17.2 Å². The molecule has 2 aliphatic rings. The van der Waals surface area contributed by atoms with Crippen molar-refractivity contribution in [1.82, 2.24) is 5.32 Å². The summed E-state index contributed by atoms with van der Waals surface area (Å²) in [5, 5.41) is 3.00. The number of likely N-dealkylation sites (N-methyl/N-ethyl adjacent to an activating group) is 1. The highest BCUT2D eigenvalue weighted by Gasteiger charge is 2.26. The summed E-state index contributed by atoms with van der Waals surface area (Å²) in [5.41, 5.74) is 2.05. The first kappa shape index (κ1) is 17.2. The highest BCUT2D eigenvalue weighted by molar-refractivity contribution is 6.01. The van der Waals surface area contributed by atoms with E-state index in [4.69, 9.17) is 14.2 Å². The molecule has 4 rings (SSSR count). The zero-order chi connectivity index (χ0) is 19.0. The molecular weight excluding hydrogens is 348 g/mol. The van der Waals surface area contributed by atoms with Gasteiger partial charge in [0, 0.05) is 18.2 Å². The molecule has 27 heavy (non-hydrogen) atoms. The van der Waals surface area contributed by atoms with Gasteiger partial charge in [-0.05, 0) is 30.7 Å². The van der Waals surface area contributed by atoms with E-state index in [1.165, 1.54) is 4.90 Å². The van der Waals surface area contributed by atoms with Gasteiger partial charge in [0.25, 0.3) is 11.8 Å². The molecule has 1 N–H and O–H groups in total. The van der Waals surface area contributed by atoms with E-state index < -0.39 is 0 Å². The van der Waals surface area contributed by atoms with Crippen LogP contribution < -0.4 is 24.4 Å². The van der Waals surface area contributed by atoms with Gasteiger partial charge in [-0.15, -0.1) is 0 Å². The lowest BCUT2D eigenvalue weighted by molar-refractivity contribution is -0.120. The number of para-hydroxylation sites is 1. The third-order valence-electron chi connectivity index (χ3n) is 4.82. The molecule has 2 aromatic carbocycles. The van der Waals surface area contributed by atoms with Gasteiger partial charge >= 0.3 is 0 Å². The Labute approximate surface area is 156 Å². The van der Waals surface area contributed by atoms with E-state index in [1.807, 2.05) is 18.2 Å². The smallest absolute Gasteiger partial charge is 0.264 e. The molecule has 140 valence electrons. The van der Waals surface area contributed by atoms with Gasteiger partial charge in [0.1, 0.15) is 12.4 Å². The molecule has 0 bridgehead atoms. The van der Waals surface area contributed by atoms with Gasteiger partial charge in [0.05, 0.1) is 18.8 Å². The minimum atomic E-state index is -0.218. The van der Waals surface area contributed by atoms with Crippen LogP contribution in [0.2, 0.25) is 0 Å². The van der Waals surface area contributed by atoms with E-state index >= 15 is 0 Å². The number of carbonyl (C=O) groups is 2. The summed E-state index contributed by atoms with van der Waals surface area (Å²) in [6, 6.07) is 10.6. The number of amides is 2. The molecule has 0 saturated heterocycles. The van der Waals surface area contributed by atoms with Crippen LogP contribution in [0.4, 0.5) is 5.69 Å². The average molecular weight is 368 g/mol. The largest absolute Gasteiger partial charge is 0.493 e. The number of methoxy groups -OCH3 is 1. The second kappa shape index (κ2) is 6.83. The average Bonchev–Trinajstić information content (AvgIpc) is 2.70. The summed E-state index contributed by atoms with van der Waals surface area (Å²) in [6.45, 7) is 0.378. The van der Waals surface area contributed by atoms with Crippen LogP contribution in [0.25, 0.3) is 0 Å². The first-order valence-corrected chi connectivity index (χ1v) is 8.69. The Morgan fingerprint density at radius 2 is 2.11 bits per heavy atom. The minimum Gasteiger partial charge on any atom is -0.493 e. The molecule has 0 aliphatic carbocycles. The second-order valence-electron chi connectivity index (χ2n) is 6.56. The zero-order valence-electron chi connectivity index (χ0n) is 15.2. The summed E-state index contributed by atoms with van der Waals surface area (Å²) in [5.74, 6) is 1.65. The molecule has 2 heterocycles. The third-order valence-corrected chi connectivity index (χ3v) is 4.82. The molecule has 2 aromatic rings. The molecule has 2 aliphatic heterocycles. The lowest BCUT2D eigenvalue weighted by atomic mass is 10.0. The predicted molar refractivity (Wildman–Crippen MR) is 98.8 cm³/mol. The van der Waals surface area contributed by atoms with E-state index in [1.54, 1.807) is 32.4 Å². The first-order valence-electron chi connectivity index (χ1n) is 8.69. The fraction of sp³-hybridized carbons (Fsp3) is 0.300. The Balaban J connectivity index is 1.49. The lowest BCUT2D eigenvalue weighted by Crippen LogP contribution is -2.43. The summed E-state index contributed by atoms with van der Waals surface area (Å²) >= 11 is 0. The van der Waals surface area contributed by atoms with E-state index in [-0.39, 0.29) is 24.5 Å². The SMILES string of the molecule is COc1cccc2c1OCC(NC(=O)c1ccc3c(c1)N(C)C(=O)CO3)C2. The maximum Gasteiger partial charge on any atom is 0.264 e. The van der Waals surface area contributed by atoms with Crippen molar-refractivity contribution in [3.63, 3.8) is 0 Å². The number of benzene rings is 2. The topological polar surface area (TPSA) is 77.1 Å². The third kappa shape index (κ3) is 3.16. The van der Waals surface area contributed by atoms with Crippen LogP contribution >= 0.6 is 0 Å². The molecule has 1 atom stereocenters. The van der Waals surface area contributed by atoms with Crippen molar-refractivity contribution in [3.8, 4) is 17.2 Å². The number of nitrogens with one attached hydrogen (secondary N) is 1. The van der Waals surface area contributed by atoms with Gasteiger partial charge in [-0.1, -0.05) is 12.1 Å². The van der Waals surface area contributed by atoms with E-state index in [2.05, 4.69) is 5.32 Å². The lowest BCUT2D eigenvalue weighted by Gasteiger charge is -2.28. The van der Waals surface area contributed by atoms with Crippen molar-refractivity contribution in [2.24, 2.45) is 0 Å². The van der Waals surface area contributed by atoms with Crippen molar-refractivity contribution in [3.05, 3.63) is 47.5 Å². The number of nitrogens with zero attached hydrogens (tertiary/aromatic N) is 1. The van der Waals surface area contributed by atoms with Crippen LogP contribution in [0, 0.1) is 0 Å². The van der Waals surface area contributed by atoms with E-state index in [0.717, 1.165) is 11.3 Å². The van der Waals surface area contributed by atoms with Gasteiger partial charge in [0.2, 0.25) is 0 Å².